The Morgan fingerprint density at radius 3 is 2.75 bits per heavy atom. The zero-order valence-corrected chi connectivity index (χ0v) is 14.0. The van der Waals surface area contributed by atoms with Gasteiger partial charge in [0.15, 0.2) is 0 Å². The van der Waals surface area contributed by atoms with Gasteiger partial charge in [-0.05, 0) is 49.8 Å². The van der Waals surface area contributed by atoms with Crippen LogP contribution in [0.5, 0.6) is 0 Å². The van der Waals surface area contributed by atoms with E-state index in [4.69, 9.17) is 16.7 Å². The molecular weight excluding hydrogens is 330 g/mol. The van der Waals surface area contributed by atoms with Crippen molar-refractivity contribution in [3.05, 3.63) is 29.0 Å². The minimum Gasteiger partial charge on any atom is -0.481 e. The number of carbonyl (C=O) groups is 2. The minimum absolute atomic E-state index is 0.0211. The molecule has 24 heavy (non-hydrogen) atoms. The van der Waals surface area contributed by atoms with Crippen molar-refractivity contribution in [3.8, 4) is 0 Å². The molecule has 0 atom stereocenters. The predicted molar refractivity (Wildman–Crippen MR) is 90.7 cm³/mol. The molecule has 3 N–H and O–H groups in total. The van der Waals surface area contributed by atoms with Gasteiger partial charge in [0, 0.05) is 11.4 Å². The highest BCUT2D eigenvalue weighted by atomic mass is 35.5. The first kappa shape index (κ1) is 16.8. The largest absolute Gasteiger partial charge is 0.481 e. The number of hydrogen-bond donors (Lipinski definition) is 3. The van der Waals surface area contributed by atoms with E-state index in [9.17, 15) is 9.59 Å². The molecule has 128 valence electrons. The molecule has 0 radical (unpaired) electrons. The maximum absolute atomic E-state index is 12.1. The lowest BCUT2D eigenvalue weighted by molar-refractivity contribution is -0.143. The molecule has 0 saturated heterocycles. The van der Waals surface area contributed by atoms with Gasteiger partial charge in [-0.2, -0.15) is 0 Å². The molecule has 3 rings (SSSR count). The van der Waals surface area contributed by atoms with Crippen LogP contribution in [0.4, 0.5) is 0 Å². The highest BCUT2D eigenvalue weighted by Crippen LogP contribution is 2.30. The second-order valence-electron chi connectivity index (χ2n) is 6.38. The van der Waals surface area contributed by atoms with Crippen LogP contribution in [-0.2, 0) is 16.1 Å². The lowest BCUT2D eigenvalue weighted by Crippen LogP contribution is -2.28. The number of halogens is 1. The van der Waals surface area contributed by atoms with Gasteiger partial charge in [-0.15, -0.1) is 0 Å². The zero-order chi connectivity index (χ0) is 17.1. The van der Waals surface area contributed by atoms with E-state index in [0.29, 0.717) is 36.7 Å². The van der Waals surface area contributed by atoms with Gasteiger partial charge >= 0.3 is 5.97 Å². The van der Waals surface area contributed by atoms with E-state index in [1.54, 1.807) is 12.1 Å². The van der Waals surface area contributed by atoms with Crippen LogP contribution in [0.15, 0.2) is 18.2 Å². The maximum atomic E-state index is 12.1. The summed E-state index contributed by atoms with van der Waals surface area (Å²) in [5.41, 5.74) is 1.66. The molecular formula is C17H20ClN3O3. The van der Waals surface area contributed by atoms with Crippen molar-refractivity contribution < 1.29 is 14.7 Å². The van der Waals surface area contributed by atoms with Gasteiger partial charge in [0.25, 0.3) is 0 Å². The maximum Gasteiger partial charge on any atom is 0.306 e. The van der Waals surface area contributed by atoms with Crippen molar-refractivity contribution in [1.82, 2.24) is 15.3 Å². The predicted octanol–water partition coefficient (Wildman–Crippen LogP) is 3.11. The first-order chi connectivity index (χ1) is 11.5. The number of aromatic amines is 1. The quantitative estimate of drug-likeness (QED) is 0.772. The van der Waals surface area contributed by atoms with Gasteiger partial charge in [0.1, 0.15) is 5.82 Å². The number of carboxylic acid groups (broad SMARTS) is 1. The van der Waals surface area contributed by atoms with Crippen LogP contribution in [0.25, 0.3) is 11.0 Å². The van der Waals surface area contributed by atoms with Crippen LogP contribution in [0.2, 0.25) is 5.02 Å². The van der Waals surface area contributed by atoms with E-state index in [2.05, 4.69) is 15.3 Å². The van der Waals surface area contributed by atoms with Gasteiger partial charge in [-0.3, -0.25) is 9.59 Å². The smallest absolute Gasteiger partial charge is 0.306 e. The molecule has 1 aromatic heterocycles. The van der Waals surface area contributed by atoms with Crippen LogP contribution in [0.3, 0.4) is 0 Å². The lowest BCUT2D eigenvalue weighted by Gasteiger charge is -2.25. The summed E-state index contributed by atoms with van der Waals surface area (Å²) in [7, 11) is 0. The third kappa shape index (κ3) is 4.06. The number of hydrogen-bond acceptors (Lipinski definition) is 3. The van der Waals surface area contributed by atoms with Gasteiger partial charge in [0.05, 0.1) is 23.5 Å². The molecule has 0 spiro atoms. The minimum atomic E-state index is -0.720. The van der Waals surface area contributed by atoms with Crippen molar-refractivity contribution in [2.45, 2.75) is 38.6 Å². The average Bonchev–Trinajstić information content (AvgIpc) is 2.95. The summed E-state index contributed by atoms with van der Waals surface area (Å²) in [4.78, 5) is 30.6. The van der Waals surface area contributed by atoms with Gasteiger partial charge in [-0.25, -0.2) is 4.98 Å². The molecule has 1 fully saturated rings. The molecule has 0 aliphatic heterocycles. The molecule has 0 bridgehead atoms. The standard InChI is InChI=1S/C17H20ClN3O3/c18-12-5-6-13-14(8-12)21-15(20-13)9-19-16(22)7-10-1-3-11(4-2-10)17(23)24/h5-6,8,10-11H,1-4,7,9H2,(H,19,22)(H,20,21)(H,23,24). The molecule has 1 aromatic carbocycles. The number of aliphatic carboxylic acids is 1. The number of benzene rings is 1. The van der Waals surface area contributed by atoms with Crippen molar-refractivity contribution in [1.29, 1.82) is 0 Å². The number of fused-ring (bicyclic) bond motifs is 1. The number of nitrogens with zero attached hydrogens (tertiary/aromatic N) is 1. The number of rotatable bonds is 5. The Hall–Kier alpha value is -2.08. The van der Waals surface area contributed by atoms with Gasteiger partial charge < -0.3 is 15.4 Å². The van der Waals surface area contributed by atoms with E-state index in [0.717, 1.165) is 23.9 Å². The van der Waals surface area contributed by atoms with Crippen molar-refractivity contribution in [3.63, 3.8) is 0 Å². The number of H-pyrrole nitrogens is 1. The average molecular weight is 350 g/mol. The van der Waals surface area contributed by atoms with Crippen molar-refractivity contribution >= 4 is 34.5 Å². The summed E-state index contributed by atoms with van der Waals surface area (Å²) >= 11 is 5.94. The second-order valence-corrected chi connectivity index (χ2v) is 6.82. The topological polar surface area (TPSA) is 95.1 Å². The zero-order valence-electron chi connectivity index (χ0n) is 13.2. The SMILES string of the molecule is O=C(CC1CCC(C(=O)O)CC1)NCc1nc2ccc(Cl)cc2[nH]1. The monoisotopic (exact) mass is 349 g/mol. The summed E-state index contributed by atoms with van der Waals surface area (Å²) in [6, 6.07) is 5.41. The van der Waals surface area contributed by atoms with E-state index >= 15 is 0 Å². The van der Waals surface area contributed by atoms with E-state index in [1.807, 2.05) is 6.07 Å². The summed E-state index contributed by atoms with van der Waals surface area (Å²) in [5, 5.41) is 12.5. The molecule has 1 aliphatic rings. The fourth-order valence-electron chi connectivity index (χ4n) is 3.25. The third-order valence-electron chi connectivity index (χ3n) is 4.62. The van der Waals surface area contributed by atoms with Gasteiger partial charge in [0.2, 0.25) is 5.91 Å². The molecule has 1 amide bonds. The van der Waals surface area contributed by atoms with Crippen LogP contribution >= 0.6 is 11.6 Å². The number of imidazole rings is 1. The summed E-state index contributed by atoms with van der Waals surface area (Å²) in [6.07, 6.45) is 3.37. The fourth-order valence-corrected chi connectivity index (χ4v) is 3.42. The molecule has 1 heterocycles. The lowest BCUT2D eigenvalue weighted by atomic mass is 9.80. The van der Waals surface area contributed by atoms with E-state index in [1.165, 1.54) is 0 Å². The normalized spacial score (nSPS) is 20.9. The van der Waals surface area contributed by atoms with Crippen LogP contribution < -0.4 is 5.32 Å². The number of carboxylic acids is 1. The first-order valence-electron chi connectivity index (χ1n) is 8.15. The van der Waals surface area contributed by atoms with Gasteiger partial charge in [-0.1, -0.05) is 11.6 Å². The fraction of sp³-hybridized carbons (Fsp3) is 0.471. The molecule has 6 nitrogen and oxygen atoms in total. The van der Waals surface area contributed by atoms with Crippen molar-refractivity contribution in [2.75, 3.05) is 0 Å². The Kier molecular flexibility index (Phi) is 5.04. The molecule has 1 aliphatic carbocycles. The second kappa shape index (κ2) is 7.21. The molecule has 0 unspecified atom stereocenters. The Bertz CT molecular complexity index is 751. The van der Waals surface area contributed by atoms with Crippen LogP contribution in [0.1, 0.15) is 37.9 Å². The highest BCUT2D eigenvalue weighted by Gasteiger charge is 2.27. The first-order valence-corrected chi connectivity index (χ1v) is 8.52. The number of amides is 1. The Labute approximate surface area is 144 Å². The number of carbonyl (C=O) groups excluding carboxylic acids is 1. The Morgan fingerprint density at radius 2 is 2.04 bits per heavy atom. The number of aromatic nitrogens is 2. The summed E-state index contributed by atoms with van der Waals surface area (Å²) < 4.78 is 0. The van der Waals surface area contributed by atoms with Crippen molar-refractivity contribution in [2.24, 2.45) is 11.8 Å². The number of nitrogens with one attached hydrogen (secondary N) is 2. The van der Waals surface area contributed by atoms with E-state index in [-0.39, 0.29) is 17.7 Å². The third-order valence-corrected chi connectivity index (χ3v) is 4.85. The molecule has 1 saturated carbocycles. The van der Waals surface area contributed by atoms with E-state index < -0.39 is 5.97 Å². The summed E-state index contributed by atoms with van der Waals surface area (Å²) in [5.74, 6) is -0.0212. The molecule has 7 heteroatoms. The molecule has 2 aromatic rings. The highest BCUT2D eigenvalue weighted by molar-refractivity contribution is 6.31. The van der Waals surface area contributed by atoms with Crippen LogP contribution in [0, 0.1) is 11.8 Å². The Morgan fingerprint density at radius 1 is 1.29 bits per heavy atom. The summed E-state index contributed by atoms with van der Waals surface area (Å²) in [6.45, 7) is 0.343. The Balaban J connectivity index is 1.47. The van der Waals surface area contributed by atoms with Crippen LogP contribution in [-0.4, -0.2) is 27.0 Å².